The van der Waals surface area contributed by atoms with Crippen LogP contribution >= 0.6 is 12.2 Å². The molecule has 0 radical (unpaired) electrons. The van der Waals surface area contributed by atoms with Crippen LogP contribution in [0, 0.1) is 12.3 Å². The summed E-state index contributed by atoms with van der Waals surface area (Å²) >= 11 is 5.55. The number of benzene rings is 2. The Labute approximate surface area is 197 Å². The third-order valence-corrected chi connectivity index (χ3v) is 5.19. The van der Waals surface area contributed by atoms with E-state index in [1.54, 1.807) is 55.7 Å². The SMILES string of the molecule is C#CCOc1ccc(/C=C2/C(=O)N(c3ccc(OC)cc3)C(=S)N2CC(=O)OC)cc1OC. The molecule has 0 atom stereocenters. The van der Waals surface area contributed by atoms with Gasteiger partial charge in [-0.15, -0.1) is 6.42 Å². The molecule has 1 aliphatic rings. The highest BCUT2D eigenvalue weighted by molar-refractivity contribution is 7.80. The summed E-state index contributed by atoms with van der Waals surface area (Å²) in [6.07, 6.45) is 6.87. The maximum Gasteiger partial charge on any atom is 0.325 e. The Kier molecular flexibility index (Phi) is 7.53. The van der Waals surface area contributed by atoms with Crippen molar-refractivity contribution < 1.29 is 28.5 Å². The largest absolute Gasteiger partial charge is 0.497 e. The zero-order chi connectivity index (χ0) is 24.0. The second kappa shape index (κ2) is 10.5. The van der Waals surface area contributed by atoms with Crippen LogP contribution in [0.1, 0.15) is 5.56 Å². The highest BCUT2D eigenvalue weighted by Gasteiger charge is 2.40. The number of hydrogen-bond donors (Lipinski definition) is 0. The van der Waals surface area contributed by atoms with Gasteiger partial charge in [0.15, 0.2) is 16.6 Å². The fourth-order valence-corrected chi connectivity index (χ4v) is 3.51. The van der Waals surface area contributed by atoms with Crippen LogP contribution in [-0.2, 0) is 14.3 Å². The van der Waals surface area contributed by atoms with Crippen molar-refractivity contribution in [2.75, 3.05) is 39.4 Å². The maximum absolute atomic E-state index is 13.4. The Morgan fingerprint density at radius 3 is 2.42 bits per heavy atom. The number of hydrogen-bond acceptors (Lipinski definition) is 7. The minimum atomic E-state index is -0.539. The average Bonchev–Trinajstić information content (AvgIpc) is 3.06. The molecule has 0 bridgehead atoms. The summed E-state index contributed by atoms with van der Waals surface area (Å²) in [4.78, 5) is 28.2. The van der Waals surface area contributed by atoms with Crippen LogP contribution in [0.25, 0.3) is 6.08 Å². The summed E-state index contributed by atoms with van der Waals surface area (Å²) in [6.45, 7) is -0.132. The summed E-state index contributed by atoms with van der Waals surface area (Å²) in [7, 11) is 4.32. The summed E-state index contributed by atoms with van der Waals surface area (Å²) < 4.78 is 20.8. The predicted molar refractivity (Wildman–Crippen MR) is 127 cm³/mol. The fraction of sp³-hybridized carbons (Fsp3) is 0.208. The topological polar surface area (TPSA) is 77.5 Å². The number of thiocarbonyl (C=S) groups is 1. The summed E-state index contributed by atoms with van der Waals surface area (Å²) in [5, 5.41) is 0.155. The maximum atomic E-state index is 13.4. The quantitative estimate of drug-likeness (QED) is 0.254. The van der Waals surface area contributed by atoms with Crippen molar-refractivity contribution in [1.82, 2.24) is 4.90 Å². The number of methoxy groups -OCH3 is 3. The highest BCUT2D eigenvalue weighted by Crippen LogP contribution is 2.33. The lowest BCUT2D eigenvalue weighted by Crippen LogP contribution is -2.35. The Morgan fingerprint density at radius 2 is 1.82 bits per heavy atom. The van der Waals surface area contributed by atoms with Gasteiger partial charge >= 0.3 is 5.97 Å². The van der Waals surface area contributed by atoms with E-state index in [1.165, 1.54) is 24.0 Å². The smallest absolute Gasteiger partial charge is 0.325 e. The van der Waals surface area contributed by atoms with Crippen molar-refractivity contribution in [3.05, 3.63) is 53.7 Å². The molecule has 0 saturated carbocycles. The number of nitrogens with zero attached hydrogens (tertiary/aromatic N) is 2. The molecule has 1 amide bonds. The zero-order valence-electron chi connectivity index (χ0n) is 18.4. The van der Waals surface area contributed by atoms with E-state index in [-0.39, 0.29) is 29.9 Å². The van der Waals surface area contributed by atoms with Gasteiger partial charge in [-0.3, -0.25) is 14.5 Å². The molecule has 1 heterocycles. The van der Waals surface area contributed by atoms with E-state index >= 15 is 0 Å². The van der Waals surface area contributed by atoms with E-state index in [4.69, 9.17) is 37.6 Å². The Bertz CT molecular complexity index is 1140. The molecule has 170 valence electrons. The second-order valence-electron chi connectivity index (χ2n) is 6.72. The first-order valence-electron chi connectivity index (χ1n) is 9.76. The van der Waals surface area contributed by atoms with Crippen molar-refractivity contribution in [3.8, 4) is 29.6 Å². The number of carbonyl (C=O) groups is 2. The first-order valence-corrected chi connectivity index (χ1v) is 10.2. The minimum Gasteiger partial charge on any atom is -0.497 e. The molecule has 8 nitrogen and oxygen atoms in total. The van der Waals surface area contributed by atoms with E-state index < -0.39 is 5.97 Å². The molecule has 1 aliphatic heterocycles. The van der Waals surface area contributed by atoms with E-state index in [0.717, 1.165) is 0 Å². The molecule has 1 saturated heterocycles. The van der Waals surface area contributed by atoms with Crippen molar-refractivity contribution in [2.45, 2.75) is 0 Å². The molecular formula is C24H22N2O6S. The van der Waals surface area contributed by atoms with Crippen LogP contribution in [0.5, 0.6) is 17.2 Å². The van der Waals surface area contributed by atoms with Gasteiger partial charge in [0, 0.05) is 0 Å². The van der Waals surface area contributed by atoms with Gasteiger partial charge in [0.05, 0.1) is 27.0 Å². The Balaban J connectivity index is 2.02. The lowest BCUT2D eigenvalue weighted by Gasteiger charge is -2.19. The van der Waals surface area contributed by atoms with Crippen LogP contribution in [0.3, 0.4) is 0 Å². The monoisotopic (exact) mass is 466 g/mol. The Morgan fingerprint density at radius 1 is 1.09 bits per heavy atom. The predicted octanol–water partition coefficient (Wildman–Crippen LogP) is 2.86. The lowest BCUT2D eigenvalue weighted by molar-refractivity contribution is -0.140. The summed E-state index contributed by atoms with van der Waals surface area (Å²) in [5.74, 6) is 3.02. The van der Waals surface area contributed by atoms with Gasteiger partial charge in [-0.1, -0.05) is 12.0 Å². The molecule has 1 fully saturated rings. The summed E-state index contributed by atoms with van der Waals surface area (Å²) in [6, 6.07) is 12.0. The van der Waals surface area contributed by atoms with Gasteiger partial charge in [0.25, 0.3) is 5.91 Å². The number of carbonyl (C=O) groups excluding carboxylic acids is 2. The van der Waals surface area contributed by atoms with Gasteiger partial charge in [-0.2, -0.15) is 0 Å². The molecule has 0 aromatic heterocycles. The van der Waals surface area contributed by atoms with Crippen LogP contribution in [0.2, 0.25) is 0 Å². The molecule has 9 heteroatoms. The van der Waals surface area contributed by atoms with Gasteiger partial charge < -0.3 is 23.8 Å². The lowest BCUT2D eigenvalue weighted by atomic mass is 10.1. The molecule has 3 rings (SSSR count). The fourth-order valence-electron chi connectivity index (χ4n) is 3.16. The molecule has 33 heavy (non-hydrogen) atoms. The van der Waals surface area contributed by atoms with Crippen LogP contribution in [0.4, 0.5) is 5.69 Å². The number of anilines is 1. The average molecular weight is 467 g/mol. The number of terminal acetylenes is 1. The number of ether oxygens (including phenoxy) is 4. The third-order valence-electron chi connectivity index (χ3n) is 4.78. The molecule has 0 N–H and O–H groups in total. The molecule has 2 aromatic carbocycles. The van der Waals surface area contributed by atoms with Crippen LogP contribution in [-0.4, -0.2) is 56.4 Å². The summed E-state index contributed by atoms with van der Waals surface area (Å²) in [5.41, 5.74) is 1.39. The van der Waals surface area contributed by atoms with Gasteiger partial charge in [-0.25, -0.2) is 0 Å². The van der Waals surface area contributed by atoms with E-state index in [1.807, 2.05) is 0 Å². The van der Waals surface area contributed by atoms with E-state index in [2.05, 4.69) is 5.92 Å². The van der Waals surface area contributed by atoms with Gasteiger partial charge in [0.2, 0.25) is 0 Å². The molecule has 0 aliphatic carbocycles. The zero-order valence-corrected chi connectivity index (χ0v) is 19.2. The number of amides is 1. The number of esters is 1. The second-order valence-corrected chi connectivity index (χ2v) is 7.08. The standard InChI is InChI=1S/C24H22N2O6S/c1-5-12-32-20-11-6-16(14-21(20)30-3)13-19-23(28)26(17-7-9-18(29-2)10-8-17)24(33)25(19)15-22(27)31-4/h1,6-11,13-14H,12,15H2,2-4H3/b19-13-. The first kappa shape index (κ1) is 23.6. The van der Waals surface area contributed by atoms with Crippen molar-refractivity contribution >= 4 is 41.0 Å². The third kappa shape index (κ3) is 5.07. The van der Waals surface area contributed by atoms with Gasteiger partial charge in [-0.05, 0) is 60.3 Å². The molecule has 0 spiro atoms. The minimum absolute atomic E-state index is 0.0906. The Hall–Kier alpha value is -4.03. The number of rotatable bonds is 8. The van der Waals surface area contributed by atoms with Crippen molar-refractivity contribution in [1.29, 1.82) is 0 Å². The molecule has 0 unspecified atom stereocenters. The van der Waals surface area contributed by atoms with Crippen LogP contribution < -0.4 is 19.1 Å². The van der Waals surface area contributed by atoms with Gasteiger partial charge in [0.1, 0.15) is 24.6 Å². The van der Waals surface area contributed by atoms with Crippen LogP contribution in [0.15, 0.2) is 48.2 Å². The van der Waals surface area contributed by atoms with Crippen molar-refractivity contribution in [2.24, 2.45) is 0 Å². The molecule has 2 aromatic rings. The van der Waals surface area contributed by atoms with E-state index in [0.29, 0.717) is 28.5 Å². The first-order chi connectivity index (χ1) is 15.9. The van der Waals surface area contributed by atoms with Crippen molar-refractivity contribution in [3.63, 3.8) is 0 Å². The highest BCUT2D eigenvalue weighted by atomic mass is 32.1. The van der Waals surface area contributed by atoms with E-state index in [9.17, 15) is 9.59 Å². The molecular weight excluding hydrogens is 444 g/mol. The normalized spacial score (nSPS) is 14.3.